The Kier molecular flexibility index (Phi) is 7.34. The van der Waals surface area contributed by atoms with Crippen molar-refractivity contribution in [3.63, 3.8) is 0 Å². The van der Waals surface area contributed by atoms with Gasteiger partial charge in [-0.05, 0) is 30.7 Å². The third-order valence-corrected chi connectivity index (χ3v) is 4.14. The lowest BCUT2D eigenvalue weighted by molar-refractivity contribution is -0.384. The number of halogens is 3. The SMILES string of the molecule is CCCN(CC(=O)Nc1ccc(F)c(F)c1F)C(=O)c1ccc(NC)c([N+](=O)[O-])c1. The summed E-state index contributed by atoms with van der Waals surface area (Å²) in [5, 5.41) is 15.9. The first-order valence-corrected chi connectivity index (χ1v) is 8.88. The zero-order chi connectivity index (χ0) is 22.4. The molecule has 0 heterocycles. The molecule has 2 amide bonds. The molecule has 160 valence electrons. The van der Waals surface area contributed by atoms with Gasteiger partial charge in [-0.1, -0.05) is 6.92 Å². The number of benzene rings is 2. The van der Waals surface area contributed by atoms with E-state index in [-0.39, 0.29) is 23.5 Å². The van der Waals surface area contributed by atoms with Gasteiger partial charge in [0, 0.05) is 25.2 Å². The first-order valence-electron chi connectivity index (χ1n) is 8.88. The molecule has 0 atom stereocenters. The first kappa shape index (κ1) is 22.7. The van der Waals surface area contributed by atoms with E-state index in [0.717, 1.165) is 17.0 Å². The molecule has 2 aromatic rings. The molecule has 8 nitrogen and oxygen atoms in total. The van der Waals surface area contributed by atoms with E-state index in [1.54, 1.807) is 6.92 Å². The highest BCUT2D eigenvalue weighted by Gasteiger charge is 2.23. The van der Waals surface area contributed by atoms with E-state index in [0.29, 0.717) is 12.5 Å². The summed E-state index contributed by atoms with van der Waals surface area (Å²) in [7, 11) is 1.50. The first-order chi connectivity index (χ1) is 14.2. The van der Waals surface area contributed by atoms with Gasteiger partial charge in [0.25, 0.3) is 11.6 Å². The van der Waals surface area contributed by atoms with Crippen LogP contribution >= 0.6 is 0 Å². The zero-order valence-electron chi connectivity index (χ0n) is 16.2. The second kappa shape index (κ2) is 9.72. The molecule has 2 rings (SSSR count). The summed E-state index contributed by atoms with van der Waals surface area (Å²) in [6, 6.07) is 5.34. The molecule has 2 aromatic carbocycles. The maximum Gasteiger partial charge on any atom is 0.293 e. The Balaban J connectivity index is 2.22. The molecule has 0 aromatic heterocycles. The normalized spacial score (nSPS) is 10.4. The van der Waals surface area contributed by atoms with Gasteiger partial charge >= 0.3 is 0 Å². The molecule has 0 fully saturated rings. The number of carbonyl (C=O) groups is 2. The van der Waals surface area contributed by atoms with Crippen LogP contribution in [0.1, 0.15) is 23.7 Å². The Bertz CT molecular complexity index is 984. The Morgan fingerprint density at radius 1 is 1.10 bits per heavy atom. The lowest BCUT2D eigenvalue weighted by Crippen LogP contribution is -2.38. The fourth-order valence-corrected chi connectivity index (χ4v) is 2.72. The van der Waals surface area contributed by atoms with Crippen molar-refractivity contribution in [1.29, 1.82) is 0 Å². The van der Waals surface area contributed by atoms with Gasteiger partial charge in [0.2, 0.25) is 5.91 Å². The number of nitrogens with zero attached hydrogens (tertiary/aromatic N) is 2. The Labute approximate surface area is 169 Å². The minimum absolute atomic E-state index is 0.0130. The predicted octanol–water partition coefficient (Wildman–Crippen LogP) is 3.54. The van der Waals surface area contributed by atoms with Gasteiger partial charge in [-0.2, -0.15) is 0 Å². The van der Waals surface area contributed by atoms with E-state index >= 15 is 0 Å². The molecular weight excluding hydrogens is 405 g/mol. The van der Waals surface area contributed by atoms with Crippen molar-refractivity contribution >= 4 is 28.9 Å². The molecule has 0 saturated heterocycles. The number of nitro benzene ring substituents is 1. The van der Waals surface area contributed by atoms with Gasteiger partial charge in [-0.25, -0.2) is 13.2 Å². The predicted molar refractivity (Wildman–Crippen MR) is 104 cm³/mol. The standard InChI is InChI=1S/C19H19F3N4O4/c1-3-8-25(10-16(27)24-14-7-5-12(20)17(21)18(14)22)19(28)11-4-6-13(23-2)15(9-11)26(29)30/h4-7,9,23H,3,8,10H2,1-2H3,(H,24,27). The lowest BCUT2D eigenvalue weighted by atomic mass is 10.1. The van der Waals surface area contributed by atoms with Gasteiger partial charge in [-0.15, -0.1) is 0 Å². The summed E-state index contributed by atoms with van der Waals surface area (Å²) in [6.07, 6.45) is 0.468. The maximum absolute atomic E-state index is 13.7. The second-order valence-corrected chi connectivity index (χ2v) is 6.24. The Morgan fingerprint density at radius 3 is 2.37 bits per heavy atom. The number of nitro groups is 1. The number of hydrogen-bond acceptors (Lipinski definition) is 5. The molecule has 11 heteroatoms. The molecule has 0 aliphatic rings. The molecule has 0 bridgehead atoms. The average molecular weight is 424 g/mol. The summed E-state index contributed by atoms with van der Waals surface area (Å²) >= 11 is 0. The average Bonchev–Trinajstić information content (AvgIpc) is 2.72. The quantitative estimate of drug-likeness (QED) is 0.383. The second-order valence-electron chi connectivity index (χ2n) is 6.24. The van der Waals surface area contributed by atoms with E-state index < -0.39 is 46.4 Å². The number of rotatable bonds is 8. The molecule has 2 N–H and O–H groups in total. The molecule has 0 spiro atoms. The van der Waals surface area contributed by atoms with Crippen molar-refractivity contribution in [3.8, 4) is 0 Å². The Morgan fingerprint density at radius 2 is 1.77 bits per heavy atom. The monoisotopic (exact) mass is 424 g/mol. The van der Waals surface area contributed by atoms with E-state index in [4.69, 9.17) is 0 Å². The van der Waals surface area contributed by atoms with Crippen LogP contribution in [0.5, 0.6) is 0 Å². The van der Waals surface area contributed by atoms with Crippen LogP contribution < -0.4 is 10.6 Å². The third kappa shape index (κ3) is 5.04. The van der Waals surface area contributed by atoms with Crippen LogP contribution in [0.2, 0.25) is 0 Å². The third-order valence-electron chi connectivity index (χ3n) is 4.14. The minimum atomic E-state index is -1.73. The minimum Gasteiger partial charge on any atom is -0.383 e. The highest BCUT2D eigenvalue weighted by atomic mass is 19.2. The van der Waals surface area contributed by atoms with Crippen molar-refractivity contribution < 1.29 is 27.7 Å². The molecular formula is C19H19F3N4O4. The van der Waals surface area contributed by atoms with Crippen LogP contribution in [0.25, 0.3) is 0 Å². The van der Waals surface area contributed by atoms with Gasteiger partial charge < -0.3 is 15.5 Å². The van der Waals surface area contributed by atoms with Crippen molar-refractivity contribution in [2.24, 2.45) is 0 Å². The summed E-state index contributed by atoms with van der Waals surface area (Å²) in [5.74, 6) is -6.19. The maximum atomic E-state index is 13.7. The van der Waals surface area contributed by atoms with Crippen LogP contribution in [0.15, 0.2) is 30.3 Å². The fraction of sp³-hybridized carbons (Fsp3) is 0.263. The molecule has 0 saturated carbocycles. The molecule has 0 aliphatic heterocycles. The topological polar surface area (TPSA) is 105 Å². The molecule has 0 aliphatic carbocycles. The van der Waals surface area contributed by atoms with Gasteiger partial charge in [0.15, 0.2) is 17.5 Å². The molecule has 0 radical (unpaired) electrons. The number of carbonyl (C=O) groups excluding carboxylic acids is 2. The van der Waals surface area contributed by atoms with Crippen LogP contribution in [-0.4, -0.2) is 41.8 Å². The van der Waals surface area contributed by atoms with Crippen LogP contribution in [0.3, 0.4) is 0 Å². The summed E-state index contributed by atoms with van der Waals surface area (Å²) < 4.78 is 40.1. The van der Waals surface area contributed by atoms with Gasteiger partial charge in [0.05, 0.1) is 10.6 Å². The lowest BCUT2D eigenvalue weighted by Gasteiger charge is -2.22. The largest absolute Gasteiger partial charge is 0.383 e. The fourth-order valence-electron chi connectivity index (χ4n) is 2.72. The number of hydrogen-bond donors (Lipinski definition) is 2. The zero-order valence-corrected chi connectivity index (χ0v) is 16.2. The smallest absolute Gasteiger partial charge is 0.293 e. The van der Waals surface area contributed by atoms with Gasteiger partial charge in [0.1, 0.15) is 12.2 Å². The molecule has 30 heavy (non-hydrogen) atoms. The van der Waals surface area contributed by atoms with Gasteiger partial charge in [-0.3, -0.25) is 19.7 Å². The Hall–Kier alpha value is -3.63. The highest BCUT2D eigenvalue weighted by molar-refractivity contribution is 6.00. The molecule has 0 unspecified atom stereocenters. The number of amides is 2. The summed E-state index contributed by atoms with van der Waals surface area (Å²) in [6.45, 7) is 1.36. The van der Waals surface area contributed by atoms with E-state index in [1.165, 1.54) is 19.2 Å². The van der Waals surface area contributed by atoms with E-state index in [9.17, 15) is 32.9 Å². The highest BCUT2D eigenvalue weighted by Crippen LogP contribution is 2.26. The van der Waals surface area contributed by atoms with E-state index in [2.05, 4.69) is 10.6 Å². The van der Waals surface area contributed by atoms with E-state index in [1.807, 2.05) is 0 Å². The number of anilines is 2. The van der Waals surface area contributed by atoms with Crippen LogP contribution in [0.4, 0.5) is 30.2 Å². The van der Waals surface area contributed by atoms with Crippen molar-refractivity contribution in [1.82, 2.24) is 4.90 Å². The van der Waals surface area contributed by atoms with Crippen LogP contribution in [-0.2, 0) is 4.79 Å². The van der Waals surface area contributed by atoms with Crippen molar-refractivity contribution in [2.45, 2.75) is 13.3 Å². The summed E-state index contributed by atoms with van der Waals surface area (Å²) in [4.78, 5) is 36.7. The number of nitrogens with one attached hydrogen (secondary N) is 2. The van der Waals surface area contributed by atoms with Crippen molar-refractivity contribution in [3.05, 3.63) is 63.5 Å². The van der Waals surface area contributed by atoms with Crippen LogP contribution in [0, 0.1) is 27.6 Å². The summed E-state index contributed by atoms with van der Waals surface area (Å²) in [5.41, 5.74) is -0.684. The van der Waals surface area contributed by atoms with Crippen molar-refractivity contribution in [2.75, 3.05) is 30.8 Å².